The molecule has 0 aromatic heterocycles. The highest BCUT2D eigenvalue weighted by molar-refractivity contribution is 4.88. The summed E-state index contributed by atoms with van der Waals surface area (Å²) in [4.78, 5) is 10.1. The fourth-order valence-electron chi connectivity index (χ4n) is 4.35. The van der Waals surface area contributed by atoms with Crippen molar-refractivity contribution in [1.29, 1.82) is 0 Å². The first-order valence-corrected chi connectivity index (χ1v) is 15.4. The van der Waals surface area contributed by atoms with Crippen molar-refractivity contribution in [3.8, 4) is 0 Å². The van der Waals surface area contributed by atoms with Crippen molar-refractivity contribution < 1.29 is 19.2 Å². The van der Waals surface area contributed by atoms with Crippen LogP contribution in [0.5, 0.6) is 0 Å². The minimum absolute atomic E-state index is 0.0191. The van der Waals surface area contributed by atoms with E-state index in [2.05, 4.69) is 32.9 Å². The maximum atomic E-state index is 6.09. The van der Waals surface area contributed by atoms with Gasteiger partial charge in [-0.15, -0.1) is 0 Å². The monoisotopic (exact) mass is 498 g/mol. The molecule has 0 N–H and O–H groups in total. The molecule has 0 bridgehead atoms. The molecular formula is C31H62O4. The van der Waals surface area contributed by atoms with E-state index in [0.29, 0.717) is 0 Å². The lowest BCUT2D eigenvalue weighted by Crippen LogP contribution is -2.19. The number of allylic oxidation sites excluding steroid dienone is 1. The second-order valence-corrected chi connectivity index (χ2v) is 10.1. The summed E-state index contributed by atoms with van der Waals surface area (Å²) in [6.45, 7) is 8.40. The van der Waals surface area contributed by atoms with Crippen LogP contribution in [0, 0.1) is 0 Å². The van der Waals surface area contributed by atoms with Crippen molar-refractivity contribution in [2.45, 2.75) is 168 Å². The lowest BCUT2D eigenvalue weighted by atomic mass is 10.1. The maximum Gasteiger partial charge on any atom is 0.157 e. The van der Waals surface area contributed by atoms with E-state index < -0.39 is 0 Å². The lowest BCUT2D eigenvalue weighted by molar-refractivity contribution is -0.294. The summed E-state index contributed by atoms with van der Waals surface area (Å²) in [6, 6.07) is 0. The molecule has 0 aromatic rings. The van der Waals surface area contributed by atoms with Gasteiger partial charge in [-0.3, -0.25) is 0 Å². The first kappa shape index (κ1) is 34.6. The maximum absolute atomic E-state index is 6.09. The first-order chi connectivity index (χ1) is 17.3. The van der Waals surface area contributed by atoms with E-state index >= 15 is 0 Å². The molecule has 4 heteroatoms. The zero-order valence-electron chi connectivity index (χ0n) is 24.2. The van der Waals surface area contributed by atoms with Crippen LogP contribution in [-0.2, 0) is 19.2 Å². The Labute approximate surface area is 219 Å². The second kappa shape index (κ2) is 29.8. The van der Waals surface area contributed by atoms with Gasteiger partial charge in [-0.05, 0) is 44.9 Å². The molecular weight excluding hydrogens is 436 g/mol. The largest absolute Gasteiger partial charge is 0.353 e. The summed E-state index contributed by atoms with van der Waals surface area (Å²) in [7, 11) is 1.59. The zero-order chi connectivity index (χ0) is 25.7. The predicted octanol–water partition coefficient (Wildman–Crippen LogP) is 10.1. The Bertz CT molecular complexity index is 393. The number of ether oxygens (including phenoxy) is 2. The third-order valence-corrected chi connectivity index (χ3v) is 6.56. The van der Waals surface area contributed by atoms with Crippen LogP contribution in [0.25, 0.3) is 0 Å². The van der Waals surface area contributed by atoms with Gasteiger partial charge >= 0.3 is 0 Å². The van der Waals surface area contributed by atoms with Gasteiger partial charge in [0.1, 0.15) is 6.10 Å². The van der Waals surface area contributed by atoms with Gasteiger partial charge in [0, 0.05) is 13.2 Å². The molecule has 0 aliphatic heterocycles. The van der Waals surface area contributed by atoms with Gasteiger partial charge in [-0.1, -0.05) is 123 Å². The molecule has 0 heterocycles. The van der Waals surface area contributed by atoms with Crippen molar-refractivity contribution >= 4 is 0 Å². The van der Waals surface area contributed by atoms with Crippen LogP contribution in [0.4, 0.5) is 0 Å². The summed E-state index contributed by atoms with van der Waals surface area (Å²) in [5.41, 5.74) is 0. The molecule has 0 amide bonds. The topological polar surface area (TPSA) is 36.9 Å². The van der Waals surface area contributed by atoms with Crippen LogP contribution in [0.3, 0.4) is 0 Å². The number of unbranched alkanes of at least 4 members (excludes halogenated alkanes) is 15. The van der Waals surface area contributed by atoms with Crippen molar-refractivity contribution in [1.82, 2.24) is 0 Å². The second-order valence-electron chi connectivity index (χ2n) is 10.1. The van der Waals surface area contributed by atoms with Crippen LogP contribution in [0.1, 0.15) is 156 Å². The molecule has 0 aliphatic carbocycles. The smallest absolute Gasteiger partial charge is 0.157 e. The van der Waals surface area contributed by atoms with E-state index in [-0.39, 0.29) is 12.4 Å². The third-order valence-electron chi connectivity index (χ3n) is 6.56. The highest BCUT2D eigenvalue weighted by Crippen LogP contribution is 2.15. The van der Waals surface area contributed by atoms with Crippen LogP contribution < -0.4 is 0 Å². The Morgan fingerprint density at radius 2 is 1.06 bits per heavy atom. The van der Waals surface area contributed by atoms with Crippen LogP contribution in [-0.4, -0.2) is 32.7 Å². The SMILES string of the molecule is CCCCCCOC(CCCCCCCCCCCC=CC(CCC)OOC)OCCCCCC. The first-order valence-electron chi connectivity index (χ1n) is 15.4. The lowest BCUT2D eigenvalue weighted by Gasteiger charge is -2.19. The standard InChI is InChI=1S/C31H62O4/c1-5-8-10-23-28-33-31(34-29-24-11-9-6-2)27-22-20-18-16-14-12-13-15-17-19-21-26-30(25-7-3)35-32-4/h21,26,30-31H,5-20,22-25,27-29H2,1-4H3. The average Bonchev–Trinajstić information content (AvgIpc) is 2.86. The molecule has 0 saturated heterocycles. The fraction of sp³-hybridized carbons (Fsp3) is 0.935. The Hall–Kier alpha value is -0.420. The number of hydrogen-bond donors (Lipinski definition) is 0. The Morgan fingerprint density at radius 1 is 0.543 bits per heavy atom. The molecule has 0 fully saturated rings. The summed E-state index contributed by atoms with van der Waals surface area (Å²) in [5, 5.41) is 0. The predicted molar refractivity (Wildman–Crippen MR) is 151 cm³/mol. The third kappa shape index (κ3) is 26.5. The molecule has 0 radical (unpaired) electrons. The summed E-state index contributed by atoms with van der Waals surface area (Å²) < 4.78 is 12.2. The summed E-state index contributed by atoms with van der Waals surface area (Å²) >= 11 is 0. The van der Waals surface area contributed by atoms with Gasteiger partial charge in [0.15, 0.2) is 6.29 Å². The highest BCUT2D eigenvalue weighted by atomic mass is 17.2. The summed E-state index contributed by atoms with van der Waals surface area (Å²) in [5.74, 6) is 0. The van der Waals surface area contributed by atoms with Crippen LogP contribution in [0.2, 0.25) is 0 Å². The van der Waals surface area contributed by atoms with Gasteiger partial charge in [-0.2, -0.15) is 0 Å². The van der Waals surface area contributed by atoms with Gasteiger partial charge < -0.3 is 9.47 Å². The molecule has 0 spiro atoms. The number of rotatable bonds is 29. The zero-order valence-corrected chi connectivity index (χ0v) is 24.2. The van der Waals surface area contributed by atoms with E-state index in [1.807, 2.05) is 0 Å². The van der Waals surface area contributed by atoms with Crippen molar-refractivity contribution in [3.05, 3.63) is 12.2 Å². The van der Waals surface area contributed by atoms with Crippen molar-refractivity contribution in [3.63, 3.8) is 0 Å². The van der Waals surface area contributed by atoms with E-state index in [9.17, 15) is 0 Å². The normalized spacial score (nSPS) is 12.8. The highest BCUT2D eigenvalue weighted by Gasteiger charge is 2.09. The van der Waals surface area contributed by atoms with Gasteiger partial charge in [0.25, 0.3) is 0 Å². The molecule has 0 rings (SSSR count). The molecule has 1 unspecified atom stereocenters. The fourth-order valence-corrected chi connectivity index (χ4v) is 4.35. The van der Waals surface area contributed by atoms with E-state index in [1.165, 1.54) is 109 Å². The Balaban J connectivity index is 3.70. The Morgan fingerprint density at radius 3 is 1.57 bits per heavy atom. The minimum atomic E-state index is 0.0191. The van der Waals surface area contributed by atoms with E-state index in [1.54, 1.807) is 7.11 Å². The summed E-state index contributed by atoms with van der Waals surface area (Å²) in [6.07, 6.45) is 30.9. The average molecular weight is 499 g/mol. The van der Waals surface area contributed by atoms with Crippen LogP contribution in [0.15, 0.2) is 12.2 Å². The molecule has 0 saturated carbocycles. The Kier molecular flexibility index (Phi) is 29.5. The van der Waals surface area contributed by atoms with Crippen molar-refractivity contribution in [2.24, 2.45) is 0 Å². The molecule has 210 valence electrons. The van der Waals surface area contributed by atoms with E-state index in [4.69, 9.17) is 19.2 Å². The van der Waals surface area contributed by atoms with Crippen LogP contribution >= 0.6 is 0 Å². The van der Waals surface area contributed by atoms with Crippen molar-refractivity contribution in [2.75, 3.05) is 20.3 Å². The molecule has 1 atom stereocenters. The van der Waals surface area contributed by atoms with Gasteiger partial charge in [-0.25, -0.2) is 9.78 Å². The van der Waals surface area contributed by atoms with Gasteiger partial charge in [0.05, 0.1) is 7.11 Å². The van der Waals surface area contributed by atoms with E-state index in [0.717, 1.165) is 38.9 Å². The minimum Gasteiger partial charge on any atom is -0.353 e. The molecule has 0 aromatic carbocycles. The quantitative estimate of drug-likeness (QED) is 0.0338. The molecule has 4 nitrogen and oxygen atoms in total. The molecule has 35 heavy (non-hydrogen) atoms. The molecule has 0 aliphatic rings. The van der Waals surface area contributed by atoms with Gasteiger partial charge in [0.2, 0.25) is 0 Å². The number of hydrogen-bond acceptors (Lipinski definition) is 4.